The third-order valence-electron chi connectivity index (χ3n) is 2.38. The lowest BCUT2D eigenvalue weighted by molar-refractivity contribution is -0.139. The largest absolute Gasteiger partial charge is 0.480 e. The van der Waals surface area contributed by atoms with Crippen LogP contribution in [-0.2, 0) is 4.79 Å². The number of carboxylic acids is 1. The highest BCUT2D eigenvalue weighted by Gasteiger charge is 2.21. The molecule has 4 nitrogen and oxygen atoms in total. The van der Waals surface area contributed by atoms with E-state index in [9.17, 15) is 9.59 Å². The quantitative estimate of drug-likeness (QED) is 0.876. The summed E-state index contributed by atoms with van der Waals surface area (Å²) in [6, 6.07) is 3.71. The van der Waals surface area contributed by atoms with Gasteiger partial charge in [0, 0.05) is 0 Å². The Kier molecular flexibility index (Phi) is 5.44. The zero-order valence-corrected chi connectivity index (χ0v) is 11.3. The molecular weight excluding hydrogens is 277 g/mol. The lowest BCUT2D eigenvalue weighted by Gasteiger charge is -2.14. The van der Waals surface area contributed by atoms with E-state index in [2.05, 4.69) is 5.32 Å². The molecule has 1 aromatic carbocycles. The highest BCUT2D eigenvalue weighted by atomic mass is 35.5. The fraction of sp³-hybridized carbons (Fsp3) is 0.333. The summed E-state index contributed by atoms with van der Waals surface area (Å²) in [5.41, 5.74) is 0.173. The first-order chi connectivity index (χ1) is 8.47. The van der Waals surface area contributed by atoms with Gasteiger partial charge >= 0.3 is 5.97 Å². The predicted molar refractivity (Wildman–Crippen MR) is 70.3 cm³/mol. The molecule has 0 aliphatic rings. The van der Waals surface area contributed by atoms with Crippen molar-refractivity contribution in [3.63, 3.8) is 0 Å². The highest BCUT2D eigenvalue weighted by Crippen LogP contribution is 2.25. The molecule has 0 spiro atoms. The molecule has 1 amide bonds. The molecule has 0 aliphatic heterocycles. The summed E-state index contributed by atoms with van der Waals surface area (Å²) >= 11 is 11.7. The van der Waals surface area contributed by atoms with Crippen molar-refractivity contribution in [2.24, 2.45) is 0 Å². The number of carbonyl (C=O) groups excluding carboxylic acids is 1. The summed E-state index contributed by atoms with van der Waals surface area (Å²) in [7, 11) is 0. The molecule has 0 bridgehead atoms. The van der Waals surface area contributed by atoms with Crippen LogP contribution in [-0.4, -0.2) is 23.0 Å². The van der Waals surface area contributed by atoms with E-state index >= 15 is 0 Å². The van der Waals surface area contributed by atoms with Crippen molar-refractivity contribution in [1.82, 2.24) is 5.32 Å². The third kappa shape index (κ3) is 3.62. The average molecular weight is 290 g/mol. The monoisotopic (exact) mass is 289 g/mol. The first-order valence-corrected chi connectivity index (χ1v) is 6.20. The number of nitrogens with one attached hydrogen (secondary N) is 1. The fourth-order valence-electron chi connectivity index (χ4n) is 1.46. The maximum Gasteiger partial charge on any atom is 0.326 e. The average Bonchev–Trinajstić information content (AvgIpc) is 2.31. The number of amides is 1. The molecule has 18 heavy (non-hydrogen) atoms. The van der Waals surface area contributed by atoms with E-state index in [1.54, 1.807) is 12.1 Å². The second kappa shape index (κ2) is 6.61. The SMILES string of the molecule is CCC[C@H](NC(=O)c1cccc(Cl)c1Cl)C(=O)O. The van der Waals surface area contributed by atoms with Gasteiger partial charge in [-0.1, -0.05) is 42.6 Å². The summed E-state index contributed by atoms with van der Waals surface area (Å²) in [6.45, 7) is 1.84. The maximum absolute atomic E-state index is 11.9. The fourth-order valence-corrected chi connectivity index (χ4v) is 1.85. The number of carboxylic acid groups (broad SMARTS) is 1. The van der Waals surface area contributed by atoms with Gasteiger partial charge in [0.25, 0.3) is 5.91 Å². The van der Waals surface area contributed by atoms with Crippen LogP contribution >= 0.6 is 23.2 Å². The second-order valence-corrected chi connectivity index (χ2v) is 4.54. The van der Waals surface area contributed by atoms with Crippen LogP contribution in [0.25, 0.3) is 0 Å². The summed E-state index contributed by atoms with van der Waals surface area (Å²) in [5.74, 6) is -1.60. The molecule has 0 radical (unpaired) electrons. The molecule has 0 aromatic heterocycles. The molecule has 0 unspecified atom stereocenters. The standard InChI is InChI=1S/C12H13Cl2NO3/c1-2-4-9(12(17)18)15-11(16)7-5-3-6-8(13)10(7)14/h3,5-6,9H,2,4H2,1H3,(H,15,16)(H,17,18)/t9-/m0/s1. The van der Waals surface area contributed by atoms with E-state index in [4.69, 9.17) is 28.3 Å². The van der Waals surface area contributed by atoms with Crippen LogP contribution in [0.1, 0.15) is 30.1 Å². The number of benzene rings is 1. The summed E-state index contributed by atoms with van der Waals surface area (Å²) in [5, 5.41) is 11.7. The van der Waals surface area contributed by atoms with Gasteiger partial charge in [0.1, 0.15) is 6.04 Å². The maximum atomic E-state index is 11.9. The van der Waals surface area contributed by atoms with Gasteiger partial charge in [-0.2, -0.15) is 0 Å². The Morgan fingerprint density at radius 2 is 2.06 bits per heavy atom. The number of aliphatic carboxylic acids is 1. The molecule has 0 saturated heterocycles. The molecule has 6 heteroatoms. The van der Waals surface area contributed by atoms with E-state index in [1.807, 2.05) is 6.92 Å². The van der Waals surface area contributed by atoms with Crippen LogP contribution in [0.2, 0.25) is 10.0 Å². The van der Waals surface area contributed by atoms with Crippen LogP contribution in [0.15, 0.2) is 18.2 Å². The van der Waals surface area contributed by atoms with Gasteiger partial charge < -0.3 is 10.4 Å². The molecule has 2 N–H and O–H groups in total. The van der Waals surface area contributed by atoms with Crippen molar-refractivity contribution in [3.05, 3.63) is 33.8 Å². The van der Waals surface area contributed by atoms with Crippen LogP contribution in [0, 0.1) is 0 Å². The summed E-state index contributed by atoms with van der Waals surface area (Å²) < 4.78 is 0. The Bertz CT molecular complexity index is 463. The molecule has 98 valence electrons. The lowest BCUT2D eigenvalue weighted by atomic mass is 10.1. The van der Waals surface area contributed by atoms with E-state index in [0.29, 0.717) is 12.8 Å². The van der Waals surface area contributed by atoms with Gasteiger partial charge in [0.2, 0.25) is 0 Å². The van der Waals surface area contributed by atoms with Crippen molar-refractivity contribution in [2.75, 3.05) is 0 Å². The third-order valence-corrected chi connectivity index (χ3v) is 3.20. The minimum absolute atomic E-state index is 0.123. The number of rotatable bonds is 5. The van der Waals surface area contributed by atoms with E-state index < -0.39 is 17.9 Å². The normalized spacial score (nSPS) is 11.9. The zero-order chi connectivity index (χ0) is 13.7. The van der Waals surface area contributed by atoms with Gasteiger partial charge in [-0.3, -0.25) is 4.79 Å². The second-order valence-electron chi connectivity index (χ2n) is 3.75. The Labute approximate surface area is 115 Å². The Morgan fingerprint density at radius 3 is 2.61 bits per heavy atom. The van der Waals surface area contributed by atoms with Gasteiger partial charge in [-0.25, -0.2) is 4.79 Å². The lowest BCUT2D eigenvalue weighted by Crippen LogP contribution is -2.40. The van der Waals surface area contributed by atoms with Crippen molar-refractivity contribution in [1.29, 1.82) is 0 Å². The predicted octanol–water partition coefficient (Wildman–Crippen LogP) is 2.98. The molecule has 1 aromatic rings. The van der Waals surface area contributed by atoms with Gasteiger partial charge in [-0.15, -0.1) is 0 Å². The van der Waals surface area contributed by atoms with Crippen molar-refractivity contribution >= 4 is 35.1 Å². The molecular formula is C12H13Cl2NO3. The van der Waals surface area contributed by atoms with Crippen LogP contribution in [0.5, 0.6) is 0 Å². The minimum atomic E-state index is -1.07. The Hall–Kier alpha value is -1.26. The van der Waals surface area contributed by atoms with E-state index in [-0.39, 0.29) is 15.6 Å². The zero-order valence-electron chi connectivity index (χ0n) is 9.74. The van der Waals surface area contributed by atoms with Crippen LogP contribution in [0.4, 0.5) is 0 Å². The molecule has 1 atom stereocenters. The van der Waals surface area contributed by atoms with E-state index in [0.717, 1.165) is 0 Å². The number of carbonyl (C=O) groups is 2. The van der Waals surface area contributed by atoms with Crippen LogP contribution < -0.4 is 5.32 Å². The van der Waals surface area contributed by atoms with Crippen molar-refractivity contribution in [2.45, 2.75) is 25.8 Å². The molecule has 0 fully saturated rings. The summed E-state index contributed by atoms with van der Waals surface area (Å²) in [4.78, 5) is 22.8. The molecule has 0 saturated carbocycles. The van der Waals surface area contributed by atoms with Crippen molar-refractivity contribution < 1.29 is 14.7 Å². The van der Waals surface area contributed by atoms with Crippen LogP contribution in [0.3, 0.4) is 0 Å². The summed E-state index contributed by atoms with van der Waals surface area (Å²) in [6.07, 6.45) is 1.01. The first-order valence-electron chi connectivity index (χ1n) is 5.45. The van der Waals surface area contributed by atoms with Crippen molar-refractivity contribution in [3.8, 4) is 0 Å². The Balaban J connectivity index is 2.87. The Morgan fingerprint density at radius 1 is 1.39 bits per heavy atom. The number of halogens is 2. The smallest absolute Gasteiger partial charge is 0.326 e. The topological polar surface area (TPSA) is 66.4 Å². The molecule has 1 rings (SSSR count). The van der Waals surface area contributed by atoms with Gasteiger partial charge in [-0.05, 0) is 18.6 Å². The van der Waals surface area contributed by atoms with Gasteiger partial charge in [0.05, 0.1) is 15.6 Å². The number of hydrogen-bond donors (Lipinski definition) is 2. The molecule has 0 aliphatic carbocycles. The first kappa shape index (κ1) is 14.8. The van der Waals surface area contributed by atoms with Gasteiger partial charge in [0.15, 0.2) is 0 Å². The van der Waals surface area contributed by atoms with E-state index in [1.165, 1.54) is 6.07 Å². The highest BCUT2D eigenvalue weighted by molar-refractivity contribution is 6.43. The minimum Gasteiger partial charge on any atom is -0.480 e. The number of hydrogen-bond acceptors (Lipinski definition) is 2. The molecule has 0 heterocycles.